The summed E-state index contributed by atoms with van der Waals surface area (Å²) in [4.78, 5) is 16.2. The molecule has 0 atom stereocenters. The Morgan fingerprint density at radius 3 is 2.64 bits per heavy atom. The van der Waals surface area contributed by atoms with Crippen LogP contribution in [0.5, 0.6) is 0 Å². The molecule has 112 valence electrons. The van der Waals surface area contributed by atoms with E-state index in [2.05, 4.69) is 15.6 Å². The maximum Gasteiger partial charge on any atom is 0.315 e. The molecule has 0 spiro atoms. The maximum absolute atomic E-state index is 11.8. The quantitative estimate of drug-likeness (QED) is 0.778. The summed E-state index contributed by atoms with van der Waals surface area (Å²) < 4.78 is 1.83. The Morgan fingerprint density at radius 1 is 1.05 bits per heavy atom. The predicted molar refractivity (Wildman–Crippen MR) is 85.7 cm³/mol. The molecular formula is C16H15ClN4O. The van der Waals surface area contributed by atoms with Crippen molar-refractivity contribution in [1.29, 1.82) is 0 Å². The Hall–Kier alpha value is -2.53. The molecule has 3 aromatic rings. The van der Waals surface area contributed by atoms with E-state index in [1.54, 1.807) is 12.3 Å². The van der Waals surface area contributed by atoms with E-state index in [0.29, 0.717) is 18.1 Å². The monoisotopic (exact) mass is 314 g/mol. The van der Waals surface area contributed by atoms with Gasteiger partial charge in [-0.25, -0.2) is 9.78 Å². The highest BCUT2D eigenvalue weighted by atomic mass is 35.5. The Kier molecular flexibility index (Phi) is 4.25. The maximum atomic E-state index is 11.8. The van der Waals surface area contributed by atoms with E-state index in [1.165, 1.54) is 0 Å². The number of benzene rings is 1. The highest BCUT2D eigenvalue weighted by molar-refractivity contribution is 6.30. The summed E-state index contributed by atoms with van der Waals surface area (Å²) in [6.07, 6.45) is 3.63. The molecule has 2 N–H and O–H groups in total. The smallest absolute Gasteiger partial charge is 0.315 e. The molecular weight excluding hydrogens is 300 g/mol. The summed E-state index contributed by atoms with van der Waals surface area (Å²) in [6.45, 7) is 0.855. The zero-order chi connectivity index (χ0) is 15.4. The highest BCUT2D eigenvalue weighted by Gasteiger charge is 2.04. The lowest BCUT2D eigenvalue weighted by Crippen LogP contribution is -2.34. The third-order valence-corrected chi connectivity index (χ3v) is 3.41. The normalized spacial score (nSPS) is 10.6. The van der Waals surface area contributed by atoms with Gasteiger partial charge in [-0.15, -0.1) is 0 Å². The van der Waals surface area contributed by atoms with Gasteiger partial charge in [0.2, 0.25) is 0 Å². The van der Waals surface area contributed by atoms with Gasteiger partial charge >= 0.3 is 6.03 Å². The van der Waals surface area contributed by atoms with Gasteiger partial charge in [-0.2, -0.15) is 0 Å². The van der Waals surface area contributed by atoms with E-state index >= 15 is 0 Å². The number of carbonyl (C=O) groups excluding carboxylic acids is 1. The number of fused-ring (bicyclic) bond motifs is 1. The Bertz CT molecular complexity index is 785. The Labute approximate surface area is 132 Å². The number of nitrogens with one attached hydrogen (secondary N) is 2. The average Bonchev–Trinajstić information content (AvgIpc) is 2.94. The SMILES string of the molecule is O=C(NCc1ccccc1)NCc1cn2cc(Cl)ccc2n1. The van der Waals surface area contributed by atoms with Crippen molar-refractivity contribution in [2.45, 2.75) is 13.1 Å². The van der Waals surface area contributed by atoms with Gasteiger partial charge in [0.25, 0.3) is 0 Å². The van der Waals surface area contributed by atoms with E-state index in [9.17, 15) is 4.79 Å². The fourth-order valence-corrected chi connectivity index (χ4v) is 2.28. The Morgan fingerprint density at radius 2 is 1.82 bits per heavy atom. The van der Waals surface area contributed by atoms with Crippen molar-refractivity contribution in [3.8, 4) is 0 Å². The zero-order valence-electron chi connectivity index (χ0n) is 11.8. The second-order valence-electron chi connectivity index (χ2n) is 4.87. The van der Waals surface area contributed by atoms with Crippen LogP contribution in [0.2, 0.25) is 5.02 Å². The molecule has 0 bridgehead atoms. The molecule has 5 nitrogen and oxygen atoms in total. The molecule has 0 saturated carbocycles. The first-order valence-electron chi connectivity index (χ1n) is 6.89. The van der Waals surface area contributed by atoms with Crippen molar-refractivity contribution < 1.29 is 4.79 Å². The molecule has 0 aliphatic carbocycles. The van der Waals surface area contributed by atoms with Gasteiger partial charge < -0.3 is 15.0 Å². The number of urea groups is 1. The van der Waals surface area contributed by atoms with Crippen molar-refractivity contribution in [2.24, 2.45) is 0 Å². The van der Waals surface area contributed by atoms with Gasteiger partial charge in [0, 0.05) is 18.9 Å². The number of nitrogens with zero attached hydrogens (tertiary/aromatic N) is 2. The lowest BCUT2D eigenvalue weighted by atomic mass is 10.2. The van der Waals surface area contributed by atoms with Crippen LogP contribution in [0, 0.1) is 0 Å². The van der Waals surface area contributed by atoms with Crippen LogP contribution in [0.1, 0.15) is 11.3 Å². The molecule has 0 saturated heterocycles. The largest absolute Gasteiger partial charge is 0.334 e. The second-order valence-corrected chi connectivity index (χ2v) is 5.30. The number of hydrogen-bond acceptors (Lipinski definition) is 2. The number of aromatic nitrogens is 2. The summed E-state index contributed by atoms with van der Waals surface area (Å²) in [5.41, 5.74) is 2.63. The molecule has 0 aliphatic rings. The number of halogens is 1. The minimum atomic E-state index is -0.223. The molecule has 1 aromatic carbocycles. The second kappa shape index (κ2) is 6.49. The number of amides is 2. The fourth-order valence-electron chi connectivity index (χ4n) is 2.11. The highest BCUT2D eigenvalue weighted by Crippen LogP contribution is 2.11. The predicted octanol–water partition coefficient (Wildman–Crippen LogP) is 2.99. The van der Waals surface area contributed by atoms with E-state index in [1.807, 2.05) is 47.0 Å². The van der Waals surface area contributed by atoms with E-state index in [0.717, 1.165) is 16.9 Å². The summed E-state index contributed by atoms with van der Waals surface area (Å²) in [5, 5.41) is 6.24. The Balaban J connectivity index is 1.53. The minimum absolute atomic E-state index is 0.223. The van der Waals surface area contributed by atoms with Crippen molar-refractivity contribution >= 4 is 23.3 Å². The number of imidazole rings is 1. The number of hydrogen-bond donors (Lipinski definition) is 2. The number of rotatable bonds is 4. The topological polar surface area (TPSA) is 58.4 Å². The summed E-state index contributed by atoms with van der Waals surface area (Å²) in [7, 11) is 0. The van der Waals surface area contributed by atoms with E-state index < -0.39 is 0 Å². The van der Waals surface area contributed by atoms with Crippen LogP contribution in [0.3, 0.4) is 0 Å². The van der Waals surface area contributed by atoms with Crippen LogP contribution < -0.4 is 10.6 Å². The van der Waals surface area contributed by atoms with Crippen LogP contribution >= 0.6 is 11.6 Å². The first-order valence-corrected chi connectivity index (χ1v) is 7.27. The van der Waals surface area contributed by atoms with Gasteiger partial charge in [0.1, 0.15) is 5.65 Å². The van der Waals surface area contributed by atoms with Crippen molar-refractivity contribution in [2.75, 3.05) is 0 Å². The molecule has 6 heteroatoms. The summed E-state index contributed by atoms with van der Waals surface area (Å²) in [6, 6.07) is 13.2. The zero-order valence-corrected chi connectivity index (χ0v) is 12.5. The molecule has 0 fully saturated rings. The molecule has 3 rings (SSSR count). The van der Waals surface area contributed by atoms with Gasteiger partial charge in [-0.3, -0.25) is 0 Å². The first-order chi connectivity index (χ1) is 10.7. The molecule has 0 radical (unpaired) electrons. The number of carbonyl (C=O) groups is 1. The van der Waals surface area contributed by atoms with E-state index in [-0.39, 0.29) is 6.03 Å². The average molecular weight is 315 g/mol. The van der Waals surface area contributed by atoms with Gasteiger partial charge in [-0.05, 0) is 17.7 Å². The molecule has 0 aliphatic heterocycles. The van der Waals surface area contributed by atoms with Crippen LogP contribution in [0.15, 0.2) is 54.9 Å². The molecule has 2 heterocycles. The number of pyridine rings is 1. The van der Waals surface area contributed by atoms with E-state index in [4.69, 9.17) is 11.6 Å². The molecule has 2 amide bonds. The van der Waals surface area contributed by atoms with Crippen molar-refractivity contribution in [3.63, 3.8) is 0 Å². The van der Waals surface area contributed by atoms with Gasteiger partial charge in [-0.1, -0.05) is 41.9 Å². The summed E-state index contributed by atoms with van der Waals surface area (Å²) in [5.74, 6) is 0. The third kappa shape index (κ3) is 3.56. The lowest BCUT2D eigenvalue weighted by Gasteiger charge is -2.06. The van der Waals surface area contributed by atoms with Gasteiger partial charge in [0.15, 0.2) is 0 Å². The molecule has 0 unspecified atom stereocenters. The minimum Gasteiger partial charge on any atom is -0.334 e. The lowest BCUT2D eigenvalue weighted by molar-refractivity contribution is 0.240. The van der Waals surface area contributed by atoms with Crippen molar-refractivity contribution in [1.82, 2.24) is 20.0 Å². The fraction of sp³-hybridized carbons (Fsp3) is 0.125. The molecule has 2 aromatic heterocycles. The standard InChI is InChI=1S/C16H15ClN4O/c17-13-6-7-15-20-14(11-21(15)10-13)9-19-16(22)18-8-12-4-2-1-3-5-12/h1-7,10-11H,8-9H2,(H2,18,19,22). The van der Waals surface area contributed by atoms with Crippen LogP contribution in [-0.4, -0.2) is 15.4 Å². The molecule has 22 heavy (non-hydrogen) atoms. The van der Waals surface area contributed by atoms with Crippen LogP contribution in [-0.2, 0) is 13.1 Å². The van der Waals surface area contributed by atoms with Crippen molar-refractivity contribution in [3.05, 3.63) is 71.1 Å². The first kappa shape index (κ1) is 14.4. The van der Waals surface area contributed by atoms with Gasteiger partial charge in [0.05, 0.1) is 17.3 Å². The summed E-state index contributed by atoms with van der Waals surface area (Å²) >= 11 is 5.93. The third-order valence-electron chi connectivity index (χ3n) is 3.19. The van der Waals surface area contributed by atoms with Crippen LogP contribution in [0.4, 0.5) is 4.79 Å². The van der Waals surface area contributed by atoms with Crippen LogP contribution in [0.25, 0.3) is 5.65 Å².